The molecule has 1 saturated heterocycles. The largest absolute Gasteiger partial charge is 0.370 e. The van der Waals surface area contributed by atoms with Crippen LogP contribution < -0.4 is 5.73 Å². The van der Waals surface area contributed by atoms with Crippen molar-refractivity contribution in [1.82, 2.24) is 24.5 Å². The van der Waals surface area contributed by atoms with Crippen LogP contribution in [0.3, 0.4) is 0 Å². The molecule has 7 nitrogen and oxygen atoms in total. The number of aromatic nitrogens is 4. The minimum absolute atomic E-state index is 0.0870. The molecule has 27 heavy (non-hydrogen) atoms. The molecule has 0 spiro atoms. The van der Waals surface area contributed by atoms with E-state index in [4.69, 9.17) is 10.5 Å². The summed E-state index contributed by atoms with van der Waals surface area (Å²) in [6.45, 7) is 1.78. The van der Waals surface area contributed by atoms with Crippen molar-refractivity contribution in [2.75, 3.05) is 6.61 Å². The van der Waals surface area contributed by atoms with Crippen molar-refractivity contribution in [3.05, 3.63) is 59.3 Å². The van der Waals surface area contributed by atoms with Crippen LogP contribution >= 0.6 is 0 Å². The molecule has 0 amide bonds. The smallest absolute Gasteiger partial charge is 0.163 e. The molecule has 2 N–H and O–H groups in total. The molecule has 1 fully saturated rings. The molecule has 0 radical (unpaired) electrons. The summed E-state index contributed by atoms with van der Waals surface area (Å²) in [7, 11) is 0. The quantitative estimate of drug-likeness (QED) is 0.736. The monoisotopic (exact) mass is 372 g/mol. The van der Waals surface area contributed by atoms with Crippen LogP contribution in [0.25, 0.3) is 5.65 Å². The highest BCUT2D eigenvalue weighted by molar-refractivity contribution is 5.50. The first-order chi connectivity index (χ1) is 13.1. The van der Waals surface area contributed by atoms with Gasteiger partial charge in [0.25, 0.3) is 0 Å². The highest BCUT2D eigenvalue weighted by Gasteiger charge is 2.37. The first kappa shape index (κ1) is 16.7. The number of benzene rings is 1. The van der Waals surface area contributed by atoms with E-state index in [1.165, 1.54) is 12.4 Å². The molecular weight excluding hydrogens is 354 g/mol. The Labute approximate surface area is 153 Å². The van der Waals surface area contributed by atoms with Gasteiger partial charge in [-0.15, -0.1) is 0 Å². The summed E-state index contributed by atoms with van der Waals surface area (Å²) in [4.78, 5) is 10.5. The molecule has 0 bridgehead atoms. The molecule has 2 aliphatic heterocycles. The van der Waals surface area contributed by atoms with Crippen molar-refractivity contribution in [3.8, 4) is 0 Å². The van der Waals surface area contributed by atoms with Crippen LogP contribution in [0.5, 0.6) is 0 Å². The highest BCUT2D eigenvalue weighted by Crippen LogP contribution is 2.34. The zero-order valence-electron chi connectivity index (χ0n) is 14.4. The molecule has 3 atom stereocenters. The second-order valence-corrected chi connectivity index (χ2v) is 7.08. The summed E-state index contributed by atoms with van der Waals surface area (Å²) in [5.74, 6) is -0.992. The van der Waals surface area contributed by atoms with Crippen LogP contribution in [0, 0.1) is 11.6 Å². The fourth-order valence-corrected chi connectivity index (χ4v) is 4.05. The average Bonchev–Trinajstić information content (AvgIpc) is 3.22. The van der Waals surface area contributed by atoms with Gasteiger partial charge < -0.3 is 10.5 Å². The number of hydrogen-bond acceptors (Lipinski definition) is 6. The van der Waals surface area contributed by atoms with E-state index in [9.17, 15) is 8.78 Å². The first-order valence-corrected chi connectivity index (χ1v) is 8.82. The number of hydrogen-bond donors (Lipinski definition) is 1. The maximum atomic E-state index is 14.1. The Morgan fingerprint density at radius 2 is 2.11 bits per heavy atom. The second-order valence-electron chi connectivity index (χ2n) is 7.08. The lowest BCUT2D eigenvalue weighted by Crippen LogP contribution is -2.47. The number of nitrogens with zero attached hydrogens (tertiary/aromatic N) is 5. The highest BCUT2D eigenvalue weighted by atomic mass is 19.1. The third kappa shape index (κ3) is 2.78. The fraction of sp³-hybridized carbons (Fsp3) is 0.389. The minimum atomic E-state index is -0.645. The number of rotatable bonds is 2. The van der Waals surface area contributed by atoms with Crippen LogP contribution in [-0.4, -0.2) is 43.2 Å². The van der Waals surface area contributed by atoms with Crippen LogP contribution in [0.1, 0.15) is 29.3 Å². The Hall–Kier alpha value is -2.49. The Kier molecular flexibility index (Phi) is 3.88. The summed E-state index contributed by atoms with van der Waals surface area (Å²) in [6, 6.07) is 3.04. The van der Waals surface area contributed by atoms with Gasteiger partial charge in [-0.3, -0.25) is 4.90 Å². The average molecular weight is 372 g/mol. The molecule has 2 aliphatic rings. The summed E-state index contributed by atoms with van der Waals surface area (Å²) in [5, 5.41) is 4.53. The number of nitrogens with two attached hydrogens (primary N) is 1. The second kappa shape index (κ2) is 6.29. The first-order valence-electron chi connectivity index (χ1n) is 8.82. The molecule has 0 saturated carbocycles. The van der Waals surface area contributed by atoms with Crippen molar-refractivity contribution in [3.63, 3.8) is 0 Å². The molecule has 1 unspecified atom stereocenters. The molecule has 9 heteroatoms. The van der Waals surface area contributed by atoms with Gasteiger partial charge in [0.05, 0.1) is 12.3 Å². The van der Waals surface area contributed by atoms with Gasteiger partial charge in [0.1, 0.15) is 30.4 Å². The van der Waals surface area contributed by atoms with E-state index < -0.39 is 23.8 Å². The zero-order valence-corrected chi connectivity index (χ0v) is 14.4. The predicted molar refractivity (Wildman–Crippen MR) is 91.5 cm³/mol. The zero-order chi connectivity index (χ0) is 18.5. The van der Waals surface area contributed by atoms with Crippen molar-refractivity contribution in [2.45, 2.75) is 37.7 Å². The molecule has 5 rings (SSSR count). The number of fused-ring (bicyclic) bond motifs is 3. The van der Waals surface area contributed by atoms with Crippen molar-refractivity contribution >= 4 is 5.65 Å². The van der Waals surface area contributed by atoms with Gasteiger partial charge in [-0.25, -0.2) is 23.3 Å². The van der Waals surface area contributed by atoms with E-state index in [1.807, 2.05) is 0 Å². The summed E-state index contributed by atoms with van der Waals surface area (Å²) < 4.78 is 35.1. The van der Waals surface area contributed by atoms with E-state index in [-0.39, 0.29) is 11.6 Å². The molecule has 2 aromatic heterocycles. The predicted octanol–water partition coefficient (Wildman–Crippen LogP) is 1.58. The van der Waals surface area contributed by atoms with Crippen molar-refractivity contribution in [1.29, 1.82) is 0 Å². The van der Waals surface area contributed by atoms with Crippen LogP contribution in [0.2, 0.25) is 0 Å². The molecule has 1 aromatic carbocycles. The third-order valence-corrected chi connectivity index (χ3v) is 5.38. The van der Waals surface area contributed by atoms with Gasteiger partial charge in [0.2, 0.25) is 0 Å². The Bertz CT molecular complexity index is 1010. The van der Waals surface area contributed by atoms with Crippen molar-refractivity contribution < 1.29 is 13.5 Å². The van der Waals surface area contributed by atoms with Crippen LogP contribution in [0.15, 0.2) is 30.9 Å². The van der Waals surface area contributed by atoms with Gasteiger partial charge in [0.15, 0.2) is 5.65 Å². The number of halogens is 2. The lowest BCUT2D eigenvalue weighted by atomic mass is 9.93. The molecular formula is C18H18F2N6O. The van der Waals surface area contributed by atoms with Crippen LogP contribution in [-0.2, 0) is 17.8 Å². The van der Waals surface area contributed by atoms with Gasteiger partial charge >= 0.3 is 0 Å². The Balaban J connectivity index is 1.32. The third-order valence-electron chi connectivity index (χ3n) is 5.38. The molecule has 3 aromatic rings. The fourth-order valence-electron chi connectivity index (χ4n) is 4.05. The molecule has 140 valence electrons. The summed E-state index contributed by atoms with van der Waals surface area (Å²) >= 11 is 0. The van der Waals surface area contributed by atoms with E-state index in [0.29, 0.717) is 26.1 Å². The van der Waals surface area contributed by atoms with Crippen LogP contribution in [0.4, 0.5) is 8.78 Å². The Morgan fingerprint density at radius 1 is 1.22 bits per heavy atom. The van der Waals surface area contributed by atoms with E-state index in [2.05, 4.69) is 20.0 Å². The summed E-state index contributed by atoms with van der Waals surface area (Å²) in [5.41, 5.74) is 9.33. The van der Waals surface area contributed by atoms with Gasteiger partial charge in [0, 0.05) is 36.3 Å². The summed E-state index contributed by atoms with van der Waals surface area (Å²) in [6.07, 6.45) is 3.14. The van der Waals surface area contributed by atoms with E-state index in [0.717, 1.165) is 29.0 Å². The van der Waals surface area contributed by atoms with E-state index in [1.54, 1.807) is 10.8 Å². The standard InChI is InChI=1S/C18H18F2N6O/c19-10-1-2-14(20)12(3-10)17-15(21)4-11(7-27-17)25-5-13-16(6-25)24-26-9-22-8-23-18(13)26/h1-3,8-9,11,15,17H,4-7,21H2/t11?,15-,17+/m0/s1. The lowest BCUT2D eigenvalue weighted by molar-refractivity contribution is -0.0532. The lowest BCUT2D eigenvalue weighted by Gasteiger charge is -2.38. The Morgan fingerprint density at radius 3 is 2.96 bits per heavy atom. The minimum Gasteiger partial charge on any atom is -0.370 e. The number of ether oxygens (including phenoxy) is 1. The molecule has 0 aliphatic carbocycles. The maximum absolute atomic E-state index is 14.1. The van der Waals surface area contributed by atoms with Gasteiger partial charge in [-0.2, -0.15) is 5.10 Å². The molecule has 4 heterocycles. The van der Waals surface area contributed by atoms with Gasteiger partial charge in [-0.1, -0.05) is 0 Å². The van der Waals surface area contributed by atoms with Gasteiger partial charge in [-0.05, 0) is 24.6 Å². The van der Waals surface area contributed by atoms with Crippen molar-refractivity contribution in [2.24, 2.45) is 5.73 Å². The SMILES string of the molecule is N[C@H]1CC(N2Cc3nn4cncnc4c3C2)CO[C@@H]1c1cc(F)ccc1F. The topological polar surface area (TPSA) is 81.6 Å². The van der Waals surface area contributed by atoms with E-state index >= 15 is 0 Å². The normalized spacial score (nSPS) is 25.8. The maximum Gasteiger partial charge on any atom is 0.163 e.